The first kappa shape index (κ1) is 15.5. The molecule has 128 valence electrons. The van der Waals surface area contributed by atoms with Crippen molar-refractivity contribution in [2.75, 3.05) is 37.0 Å². The number of aromatic nitrogens is 4. The van der Waals surface area contributed by atoms with Crippen molar-refractivity contribution in [2.45, 2.75) is 25.8 Å². The predicted molar refractivity (Wildman–Crippen MR) is 90.4 cm³/mol. The van der Waals surface area contributed by atoms with Gasteiger partial charge in [-0.2, -0.15) is 4.98 Å². The summed E-state index contributed by atoms with van der Waals surface area (Å²) >= 11 is 6.14. The number of anilines is 3. The third kappa shape index (κ3) is 2.87. The zero-order chi connectivity index (χ0) is 16.5. The van der Waals surface area contributed by atoms with Crippen LogP contribution in [-0.4, -0.2) is 46.1 Å². The molecule has 2 aromatic rings. The Morgan fingerprint density at radius 1 is 1.38 bits per heavy atom. The molecule has 8 nitrogen and oxygen atoms in total. The minimum atomic E-state index is 0.235. The lowest BCUT2D eigenvalue weighted by Crippen LogP contribution is -2.13. The van der Waals surface area contributed by atoms with Crippen LogP contribution in [0.4, 0.5) is 17.5 Å². The summed E-state index contributed by atoms with van der Waals surface area (Å²) in [6.45, 7) is 4.71. The van der Waals surface area contributed by atoms with E-state index < -0.39 is 0 Å². The summed E-state index contributed by atoms with van der Waals surface area (Å²) in [5.41, 5.74) is 1.77. The normalized spacial score (nSPS) is 20.3. The van der Waals surface area contributed by atoms with Crippen LogP contribution in [0.3, 0.4) is 0 Å². The van der Waals surface area contributed by atoms with E-state index in [0.717, 1.165) is 30.8 Å². The maximum absolute atomic E-state index is 6.14. The lowest BCUT2D eigenvalue weighted by atomic mass is 10.2. The van der Waals surface area contributed by atoms with Crippen molar-refractivity contribution in [3.63, 3.8) is 0 Å². The van der Waals surface area contributed by atoms with Gasteiger partial charge < -0.3 is 20.1 Å². The molecule has 0 spiro atoms. The molecule has 2 aromatic heterocycles. The van der Waals surface area contributed by atoms with E-state index in [0.29, 0.717) is 42.4 Å². The van der Waals surface area contributed by atoms with Gasteiger partial charge in [-0.1, -0.05) is 11.6 Å². The molecule has 1 unspecified atom stereocenters. The summed E-state index contributed by atoms with van der Waals surface area (Å²) in [5.74, 6) is 1.65. The van der Waals surface area contributed by atoms with Gasteiger partial charge in [0.15, 0.2) is 5.82 Å². The SMILES string of the molecule is Cc1c2c(nn1C1CCOC1)OCCCNc1nc(ncc1Cl)N2. The Kier molecular flexibility index (Phi) is 4.15. The molecule has 2 N–H and O–H groups in total. The van der Waals surface area contributed by atoms with Crippen molar-refractivity contribution in [2.24, 2.45) is 0 Å². The molecular formula is C15H19ClN6O2. The molecule has 9 heteroatoms. The van der Waals surface area contributed by atoms with E-state index in [-0.39, 0.29) is 6.04 Å². The summed E-state index contributed by atoms with van der Waals surface area (Å²) in [7, 11) is 0. The Balaban J connectivity index is 1.73. The summed E-state index contributed by atoms with van der Waals surface area (Å²) in [6, 6.07) is 0.235. The Morgan fingerprint density at radius 2 is 2.29 bits per heavy atom. The third-order valence-corrected chi connectivity index (χ3v) is 4.48. The van der Waals surface area contributed by atoms with E-state index in [9.17, 15) is 0 Å². The number of nitrogens with zero attached hydrogens (tertiary/aromatic N) is 4. The molecule has 1 atom stereocenters. The highest BCUT2D eigenvalue weighted by Gasteiger charge is 2.25. The van der Waals surface area contributed by atoms with E-state index in [1.54, 1.807) is 6.20 Å². The van der Waals surface area contributed by atoms with Crippen LogP contribution < -0.4 is 15.4 Å². The molecule has 0 radical (unpaired) electrons. The Labute approximate surface area is 144 Å². The highest BCUT2D eigenvalue weighted by molar-refractivity contribution is 6.32. The van der Waals surface area contributed by atoms with Crippen molar-refractivity contribution in [1.29, 1.82) is 0 Å². The molecule has 2 aliphatic heterocycles. The number of ether oxygens (including phenoxy) is 2. The number of halogens is 1. The lowest BCUT2D eigenvalue weighted by molar-refractivity contribution is 0.183. The van der Waals surface area contributed by atoms with Crippen molar-refractivity contribution < 1.29 is 9.47 Å². The van der Waals surface area contributed by atoms with Gasteiger partial charge in [-0.3, -0.25) is 4.68 Å². The number of hydrogen-bond donors (Lipinski definition) is 2. The van der Waals surface area contributed by atoms with Crippen LogP contribution in [0.15, 0.2) is 6.20 Å². The Bertz CT molecular complexity index is 744. The van der Waals surface area contributed by atoms with Crippen molar-refractivity contribution in [3.05, 3.63) is 16.9 Å². The molecule has 4 rings (SSSR count). The molecule has 1 saturated heterocycles. The number of fused-ring (bicyclic) bond motifs is 3. The third-order valence-electron chi connectivity index (χ3n) is 4.20. The van der Waals surface area contributed by atoms with Gasteiger partial charge in [-0.05, 0) is 19.8 Å². The van der Waals surface area contributed by atoms with Crippen LogP contribution in [0.1, 0.15) is 24.6 Å². The van der Waals surface area contributed by atoms with Gasteiger partial charge >= 0.3 is 0 Å². The number of nitrogens with one attached hydrogen (secondary N) is 2. The molecule has 2 bridgehead atoms. The second kappa shape index (κ2) is 6.45. The molecular weight excluding hydrogens is 332 g/mol. The van der Waals surface area contributed by atoms with Crippen LogP contribution in [0.25, 0.3) is 0 Å². The van der Waals surface area contributed by atoms with Gasteiger partial charge in [-0.25, -0.2) is 4.98 Å². The van der Waals surface area contributed by atoms with Crippen LogP contribution in [0.2, 0.25) is 5.02 Å². The van der Waals surface area contributed by atoms with Crippen molar-refractivity contribution in [3.8, 4) is 5.88 Å². The highest BCUT2D eigenvalue weighted by atomic mass is 35.5. The standard InChI is InChI=1S/C15H19ClN6O2/c1-9-12-14(21-22(9)10-3-6-23-8-10)24-5-2-4-17-13-11(16)7-18-15(19-12)20-13/h7,10H,2-6,8H2,1H3,(H2,17,18,19,20). The predicted octanol–water partition coefficient (Wildman–Crippen LogP) is 2.53. The minimum Gasteiger partial charge on any atom is -0.475 e. The zero-order valence-electron chi connectivity index (χ0n) is 13.4. The summed E-state index contributed by atoms with van der Waals surface area (Å²) in [5, 5.41) is 11.6. The summed E-state index contributed by atoms with van der Waals surface area (Å²) in [4.78, 5) is 8.69. The van der Waals surface area contributed by atoms with E-state index >= 15 is 0 Å². The van der Waals surface area contributed by atoms with Gasteiger partial charge in [0, 0.05) is 13.2 Å². The first-order chi connectivity index (χ1) is 11.7. The van der Waals surface area contributed by atoms with Gasteiger partial charge in [0.25, 0.3) is 5.88 Å². The Hall–Kier alpha value is -2.06. The monoisotopic (exact) mass is 350 g/mol. The topological polar surface area (TPSA) is 86.1 Å². The number of hydrogen-bond acceptors (Lipinski definition) is 7. The average molecular weight is 351 g/mol. The van der Waals surface area contributed by atoms with Crippen LogP contribution >= 0.6 is 11.6 Å². The first-order valence-corrected chi connectivity index (χ1v) is 8.43. The molecule has 0 saturated carbocycles. The van der Waals surface area contributed by atoms with Crippen molar-refractivity contribution in [1.82, 2.24) is 19.7 Å². The van der Waals surface area contributed by atoms with Gasteiger partial charge in [0.05, 0.1) is 31.1 Å². The summed E-state index contributed by atoms with van der Waals surface area (Å²) in [6.07, 6.45) is 3.35. The fourth-order valence-electron chi connectivity index (χ4n) is 2.92. The smallest absolute Gasteiger partial charge is 0.257 e. The minimum absolute atomic E-state index is 0.235. The zero-order valence-corrected chi connectivity index (χ0v) is 14.1. The Morgan fingerprint density at radius 3 is 3.12 bits per heavy atom. The molecule has 24 heavy (non-hydrogen) atoms. The van der Waals surface area contributed by atoms with E-state index in [4.69, 9.17) is 21.1 Å². The molecule has 2 aliphatic rings. The van der Waals surface area contributed by atoms with Gasteiger partial charge in [-0.15, -0.1) is 5.10 Å². The molecule has 4 heterocycles. The second-order valence-corrected chi connectivity index (χ2v) is 6.28. The van der Waals surface area contributed by atoms with Crippen molar-refractivity contribution >= 4 is 29.1 Å². The first-order valence-electron chi connectivity index (χ1n) is 8.05. The fraction of sp³-hybridized carbons (Fsp3) is 0.533. The van der Waals surface area contributed by atoms with E-state index in [2.05, 4.69) is 25.7 Å². The van der Waals surface area contributed by atoms with Crippen LogP contribution in [-0.2, 0) is 4.74 Å². The van der Waals surface area contributed by atoms with E-state index in [1.165, 1.54) is 0 Å². The van der Waals surface area contributed by atoms with E-state index in [1.807, 2.05) is 11.6 Å². The quantitative estimate of drug-likeness (QED) is 0.817. The lowest BCUT2D eigenvalue weighted by Gasteiger charge is -2.11. The van der Waals surface area contributed by atoms with Gasteiger partial charge in [0.2, 0.25) is 5.95 Å². The molecule has 0 amide bonds. The second-order valence-electron chi connectivity index (χ2n) is 5.87. The molecule has 0 aromatic carbocycles. The van der Waals surface area contributed by atoms with Crippen LogP contribution in [0, 0.1) is 6.92 Å². The largest absolute Gasteiger partial charge is 0.475 e. The highest BCUT2D eigenvalue weighted by Crippen LogP contribution is 2.34. The van der Waals surface area contributed by atoms with Gasteiger partial charge in [0.1, 0.15) is 10.7 Å². The number of rotatable bonds is 1. The fourth-order valence-corrected chi connectivity index (χ4v) is 3.08. The molecule has 1 fully saturated rings. The van der Waals surface area contributed by atoms with Crippen LogP contribution in [0.5, 0.6) is 5.88 Å². The average Bonchev–Trinajstić information content (AvgIpc) is 3.19. The maximum atomic E-state index is 6.14. The summed E-state index contributed by atoms with van der Waals surface area (Å²) < 4.78 is 13.3. The molecule has 0 aliphatic carbocycles. The maximum Gasteiger partial charge on any atom is 0.257 e.